The number of phenols is 1. The summed E-state index contributed by atoms with van der Waals surface area (Å²) in [4.78, 5) is 15.8. The summed E-state index contributed by atoms with van der Waals surface area (Å²) < 4.78 is 5.56. The quantitative estimate of drug-likeness (QED) is 0.785. The van der Waals surface area contributed by atoms with Crippen LogP contribution in [0.5, 0.6) is 5.75 Å². The maximum Gasteiger partial charge on any atom is 0.252 e. The van der Waals surface area contributed by atoms with E-state index in [1.165, 1.54) is 17.4 Å². The maximum absolute atomic E-state index is 11.3. The highest BCUT2D eigenvalue weighted by Crippen LogP contribution is 2.28. The average molecular weight is 319 g/mol. The predicted octanol–water partition coefficient (Wildman–Crippen LogP) is 2.21. The number of nitrogens with zero attached hydrogens (tertiary/aromatic N) is 1. The minimum atomic E-state index is -0.661. The minimum absolute atomic E-state index is 0.0966. The number of thiazole rings is 1. The molecule has 1 aliphatic heterocycles. The van der Waals surface area contributed by atoms with Gasteiger partial charge in [-0.15, -0.1) is 11.3 Å². The summed E-state index contributed by atoms with van der Waals surface area (Å²) >= 11 is 1.49. The first kappa shape index (κ1) is 14.8. The highest BCUT2D eigenvalue weighted by molar-refractivity contribution is 7.14. The van der Waals surface area contributed by atoms with Crippen molar-refractivity contribution in [2.75, 3.05) is 18.5 Å². The third-order valence-electron chi connectivity index (χ3n) is 3.57. The summed E-state index contributed by atoms with van der Waals surface area (Å²) in [6.45, 7) is 1.58. The van der Waals surface area contributed by atoms with Crippen LogP contribution in [0.15, 0.2) is 23.6 Å². The molecular weight excluding hydrogens is 302 g/mol. The number of anilines is 1. The largest absolute Gasteiger partial charge is 0.507 e. The first-order valence-electron chi connectivity index (χ1n) is 7.07. The predicted molar refractivity (Wildman–Crippen MR) is 85.2 cm³/mol. The van der Waals surface area contributed by atoms with E-state index in [9.17, 15) is 9.90 Å². The molecule has 2 heterocycles. The summed E-state index contributed by atoms with van der Waals surface area (Å²) in [6, 6.07) is 4.71. The Morgan fingerprint density at radius 3 is 3.14 bits per heavy atom. The molecule has 1 fully saturated rings. The summed E-state index contributed by atoms with van der Waals surface area (Å²) in [5.74, 6) is -0.783. The molecule has 0 spiro atoms. The van der Waals surface area contributed by atoms with Crippen molar-refractivity contribution in [3.05, 3.63) is 29.1 Å². The first-order valence-corrected chi connectivity index (χ1v) is 7.95. The number of benzene rings is 1. The molecule has 1 aromatic heterocycles. The van der Waals surface area contributed by atoms with Gasteiger partial charge in [0.2, 0.25) is 0 Å². The van der Waals surface area contributed by atoms with Crippen LogP contribution in [0.25, 0.3) is 11.3 Å². The number of nitrogens with one attached hydrogen (secondary N) is 1. The van der Waals surface area contributed by atoms with Crippen molar-refractivity contribution >= 4 is 22.4 Å². The third-order valence-corrected chi connectivity index (χ3v) is 4.37. The molecule has 0 radical (unpaired) electrons. The molecule has 1 atom stereocenters. The fourth-order valence-electron chi connectivity index (χ4n) is 2.39. The van der Waals surface area contributed by atoms with Crippen LogP contribution >= 0.6 is 11.3 Å². The van der Waals surface area contributed by atoms with Crippen LogP contribution in [0.2, 0.25) is 0 Å². The van der Waals surface area contributed by atoms with E-state index in [0.29, 0.717) is 0 Å². The van der Waals surface area contributed by atoms with Crippen LogP contribution in [-0.4, -0.2) is 35.3 Å². The van der Waals surface area contributed by atoms with Crippen molar-refractivity contribution in [1.29, 1.82) is 0 Å². The Kier molecular flexibility index (Phi) is 4.26. The molecule has 4 N–H and O–H groups in total. The number of hydrogen-bond acceptors (Lipinski definition) is 6. The second-order valence-electron chi connectivity index (χ2n) is 5.15. The zero-order chi connectivity index (χ0) is 15.5. The van der Waals surface area contributed by atoms with Crippen molar-refractivity contribution in [2.45, 2.75) is 18.9 Å². The lowest BCUT2D eigenvalue weighted by molar-refractivity contribution is 0.0997. The molecule has 0 saturated carbocycles. The highest BCUT2D eigenvalue weighted by Gasteiger charge is 2.16. The molecule has 3 rings (SSSR count). The van der Waals surface area contributed by atoms with Crippen molar-refractivity contribution < 1.29 is 14.6 Å². The van der Waals surface area contributed by atoms with Gasteiger partial charge in [-0.3, -0.25) is 4.79 Å². The van der Waals surface area contributed by atoms with Crippen molar-refractivity contribution in [2.24, 2.45) is 5.73 Å². The molecule has 7 heteroatoms. The smallest absolute Gasteiger partial charge is 0.252 e. The molecule has 1 saturated heterocycles. The maximum atomic E-state index is 11.3. The van der Waals surface area contributed by atoms with Crippen LogP contribution in [0.4, 0.5) is 5.13 Å². The number of ether oxygens (including phenoxy) is 1. The molecule has 0 aliphatic carbocycles. The molecular formula is C15H17N3O3S. The number of primary amides is 1. The number of carbonyl (C=O) groups excluding carboxylic acids is 1. The molecule has 1 aromatic carbocycles. The van der Waals surface area contributed by atoms with Crippen LogP contribution in [-0.2, 0) is 4.74 Å². The Balaban J connectivity index is 1.72. The molecule has 1 aliphatic rings. The van der Waals surface area contributed by atoms with Gasteiger partial charge in [0.25, 0.3) is 5.91 Å². The van der Waals surface area contributed by atoms with Gasteiger partial charge in [0.1, 0.15) is 5.75 Å². The Labute approximate surface area is 131 Å². The van der Waals surface area contributed by atoms with Gasteiger partial charge in [-0.05, 0) is 31.0 Å². The van der Waals surface area contributed by atoms with Crippen LogP contribution < -0.4 is 11.1 Å². The molecule has 22 heavy (non-hydrogen) atoms. The monoisotopic (exact) mass is 319 g/mol. The van der Waals surface area contributed by atoms with Gasteiger partial charge in [-0.2, -0.15) is 0 Å². The van der Waals surface area contributed by atoms with Gasteiger partial charge >= 0.3 is 0 Å². The van der Waals surface area contributed by atoms with Crippen LogP contribution in [0.3, 0.4) is 0 Å². The zero-order valence-electron chi connectivity index (χ0n) is 11.9. The SMILES string of the molecule is NC(=O)c1cc(-c2csc(NC[C@@H]3CCCO3)n2)ccc1O. The van der Waals surface area contributed by atoms with Gasteiger partial charge in [0, 0.05) is 24.1 Å². The normalized spacial score (nSPS) is 17.5. The topological polar surface area (TPSA) is 97.5 Å². The summed E-state index contributed by atoms with van der Waals surface area (Å²) in [5.41, 5.74) is 6.82. The Morgan fingerprint density at radius 2 is 2.41 bits per heavy atom. The lowest BCUT2D eigenvalue weighted by Crippen LogP contribution is -2.18. The van der Waals surface area contributed by atoms with Gasteiger partial charge in [-0.25, -0.2) is 4.98 Å². The van der Waals surface area contributed by atoms with E-state index in [4.69, 9.17) is 10.5 Å². The van der Waals surface area contributed by atoms with Crippen molar-refractivity contribution in [3.63, 3.8) is 0 Å². The van der Waals surface area contributed by atoms with Crippen molar-refractivity contribution in [3.8, 4) is 17.0 Å². The molecule has 0 bridgehead atoms. The molecule has 1 amide bonds. The number of rotatable bonds is 5. The average Bonchev–Trinajstić information content (AvgIpc) is 3.17. The first-order chi connectivity index (χ1) is 10.6. The highest BCUT2D eigenvalue weighted by atomic mass is 32.1. The van der Waals surface area contributed by atoms with Gasteiger partial charge in [-0.1, -0.05) is 0 Å². The van der Waals surface area contributed by atoms with Crippen molar-refractivity contribution in [1.82, 2.24) is 4.98 Å². The summed E-state index contributed by atoms with van der Waals surface area (Å²) in [7, 11) is 0. The van der Waals surface area contributed by atoms with E-state index in [-0.39, 0.29) is 17.4 Å². The second-order valence-corrected chi connectivity index (χ2v) is 6.01. The Hall–Kier alpha value is -2.12. The van der Waals surface area contributed by atoms with E-state index in [0.717, 1.165) is 42.4 Å². The standard InChI is InChI=1S/C15H17N3O3S/c16-14(20)11-6-9(3-4-13(11)19)12-8-22-15(18-12)17-7-10-2-1-5-21-10/h3-4,6,8,10,19H,1-2,5,7H2,(H2,16,20)(H,17,18)/t10-/m0/s1. The molecule has 2 aromatic rings. The van der Waals surface area contributed by atoms with Gasteiger partial charge in [0.05, 0.1) is 17.4 Å². The lowest BCUT2D eigenvalue weighted by atomic mass is 10.1. The number of carbonyl (C=O) groups is 1. The molecule has 0 unspecified atom stereocenters. The zero-order valence-corrected chi connectivity index (χ0v) is 12.7. The fraction of sp³-hybridized carbons (Fsp3) is 0.333. The molecule has 6 nitrogen and oxygen atoms in total. The van der Waals surface area contributed by atoms with Crippen LogP contribution in [0.1, 0.15) is 23.2 Å². The molecule has 116 valence electrons. The van der Waals surface area contributed by atoms with E-state index in [1.54, 1.807) is 12.1 Å². The number of amides is 1. The number of nitrogens with two attached hydrogens (primary N) is 1. The summed E-state index contributed by atoms with van der Waals surface area (Å²) in [6.07, 6.45) is 2.44. The lowest BCUT2D eigenvalue weighted by Gasteiger charge is -2.09. The van der Waals surface area contributed by atoms with E-state index in [1.807, 2.05) is 5.38 Å². The Bertz CT molecular complexity index is 680. The Morgan fingerprint density at radius 1 is 1.55 bits per heavy atom. The third kappa shape index (κ3) is 3.20. The number of aromatic nitrogens is 1. The van der Waals surface area contributed by atoms with Crippen LogP contribution in [0, 0.1) is 0 Å². The van der Waals surface area contributed by atoms with E-state index < -0.39 is 5.91 Å². The van der Waals surface area contributed by atoms with Gasteiger partial charge in [0.15, 0.2) is 5.13 Å². The fourth-order valence-corrected chi connectivity index (χ4v) is 3.12. The van der Waals surface area contributed by atoms with E-state index in [2.05, 4.69) is 10.3 Å². The minimum Gasteiger partial charge on any atom is -0.507 e. The second kappa shape index (κ2) is 6.33. The van der Waals surface area contributed by atoms with E-state index >= 15 is 0 Å². The number of aromatic hydroxyl groups is 1. The van der Waals surface area contributed by atoms with Gasteiger partial charge < -0.3 is 20.9 Å². The summed E-state index contributed by atoms with van der Waals surface area (Å²) in [5, 5.41) is 15.6. The number of hydrogen-bond donors (Lipinski definition) is 3.